The lowest BCUT2D eigenvalue weighted by molar-refractivity contribution is -0.112. The van der Waals surface area contributed by atoms with Gasteiger partial charge >= 0.3 is 0 Å². The van der Waals surface area contributed by atoms with Crippen molar-refractivity contribution in [3.63, 3.8) is 0 Å². The van der Waals surface area contributed by atoms with E-state index in [0.29, 0.717) is 23.7 Å². The number of hydrogen-bond donors (Lipinski definition) is 1. The van der Waals surface area contributed by atoms with Crippen LogP contribution in [0, 0.1) is 25.2 Å². The lowest BCUT2D eigenvalue weighted by Crippen LogP contribution is -2.15. The number of para-hydroxylation sites is 1. The van der Waals surface area contributed by atoms with Crippen LogP contribution in [-0.4, -0.2) is 19.6 Å². The third kappa shape index (κ3) is 4.42. The first-order chi connectivity index (χ1) is 12.5. The Balaban J connectivity index is 2.30. The molecule has 1 N–H and O–H groups in total. The highest BCUT2D eigenvalue weighted by atomic mass is 16.5. The minimum atomic E-state index is -0.447. The van der Waals surface area contributed by atoms with Crippen molar-refractivity contribution < 1.29 is 14.3 Å². The largest absolute Gasteiger partial charge is 0.493 e. The average Bonchev–Trinajstić information content (AvgIpc) is 2.63. The molecule has 0 fully saturated rings. The lowest BCUT2D eigenvalue weighted by Gasteiger charge is -2.11. The molecule has 26 heavy (non-hydrogen) atoms. The summed E-state index contributed by atoms with van der Waals surface area (Å²) in [4.78, 5) is 12.5. The van der Waals surface area contributed by atoms with Crippen molar-refractivity contribution in [1.82, 2.24) is 0 Å². The molecule has 134 valence electrons. The topological polar surface area (TPSA) is 71.3 Å². The standard InChI is InChI=1S/C21H22N2O3/c1-5-26-18-10-9-16(12-19(18)25-4)11-17(13-22)21(24)23-20-14(2)7-6-8-15(20)3/h6-12H,5H2,1-4H3,(H,23,24)/b17-11-. The van der Waals surface area contributed by atoms with Crippen LogP contribution in [0.1, 0.15) is 23.6 Å². The first-order valence-electron chi connectivity index (χ1n) is 8.30. The van der Waals surface area contributed by atoms with Gasteiger partial charge in [-0.25, -0.2) is 0 Å². The third-order valence-electron chi connectivity index (χ3n) is 3.88. The van der Waals surface area contributed by atoms with E-state index in [9.17, 15) is 10.1 Å². The van der Waals surface area contributed by atoms with E-state index in [-0.39, 0.29) is 5.57 Å². The highest BCUT2D eigenvalue weighted by Crippen LogP contribution is 2.29. The number of carbonyl (C=O) groups excluding carboxylic acids is 1. The maximum absolute atomic E-state index is 12.5. The summed E-state index contributed by atoms with van der Waals surface area (Å²) in [7, 11) is 1.55. The Morgan fingerprint density at radius 3 is 2.46 bits per heavy atom. The number of hydrogen-bond acceptors (Lipinski definition) is 4. The van der Waals surface area contributed by atoms with Crippen LogP contribution < -0.4 is 14.8 Å². The Bertz CT molecular complexity index is 859. The van der Waals surface area contributed by atoms with Gasteiger partial charge in [0.2, 0.25) is 0 Å². The van der Waals surface area contributed by atoms with Crippen molar-refractivity contribution in [3.05, 3.63) is 58.7 Å². The number of methoxy groups -OCH3 is 1. The monoisotopic (exact) mass is 350 g/mol. The van der Waals surface area contributed by atoms with E-state index < -0.39 is 5.91 Å². The quantitative estimate of drug-likeness (QED) is 0.624. The molecule has 0 aliphatic rings. The SMILES string of the molecule is CCOc1ccc(/C=C(/C#N)C(=O)Nc2c(C)cccc2C)cc1OC. The predicted molar refractivity (Wildman–Crippen MR) is 102 cm³/mol. The number of nitrogens with zero attached hydrogens (tertiary/aromatic N) is 1. The second-order valence-electron chi connectivity index (χ2n) is 5.73. The first kappa shape index (κ1) is 19.1. The van der Waals surface area contributed by atoms with Gasteiger partial charge in [-0.15, -0.1) is 0 Å². The number of anilines is 1. The molecule has 0 aromatic heterocycles. The Hall–Kier alpha value is -3.26. The van der Waals surface area contributed by atoms with E-state index in [0.717, 1.165) is 16.8 Å². The molecule has 0 aliphatic carbocycles. The molecule has 0 saturated heterocycles. The number of nitrogens with one attached hydrogen (secondary N) is 1. The second kappa shape index (κ2) is 8.72. The molecule has 0 spiro atoms. The van der Waals surface area contributed by atoms with Crippen molar-refractivity contribution in [2.45, 2.75) is 20.8 Å². The van der Waals surface area contributed by atoms with Crippen LogP contribution in [0.5, 0.6) is 11.5 Å². The normalized spacial score (nSPS) is 10.8. The molecule has 2 aromatic rings. The fourth-order valence-corrected chi connectivity index (χ4v) is 2.56. The number of nitriles is 1. The molecular weight excluding hydrogens is 328 g/mol. The Kier molecular flexibility index (Phi) is 6.40. The summed E-state index contributed by atoms with van der Waals surface area (Å²) in [5.74, 6) is 0.719. The molecule has 0 aliphatic heterocycles. The molecule has 5 nitrogen and oxygen atoms in total. The maximum Gasteiger partial charge on any atom is 0.266 e. The van der Waals surface area contributed by atoms with E-state index in [4.69, 9.17) is 9.47 Å². The number of benzene rings is 2. The number of amides is 1. The van der Waals surface area contributed by atoms with E-state index in [1.54, 1.807) is 25.3 Å². The minimum Gasteiger partial charge on any atom is -0.493 e. The molecule has 0 atom stereocenters. The molecule has 0 bridgehead atoms. The fraction of sp³-hybridized carbons (Fsp3) is 0.238. The van der Waals surface area contributed by atoms with Crippen molar-refractivity contribution in [3.8, 4) is 17.6 Å². The molecular formula is C21H22N2O3. The van der Waals surface area contributed by atoms with Crippen LogP contribution in [0.15, 0.2) is 42.0 Å². The molecule has 2 rings (SSSR count). The lowest BCUT2D eigenvalue weighted by atomic mass is 10.1. The van der Waals surface area contributed by atoms with Crippen LogP contribution in [0.2, 0.25) is 0 Å². The van der Waals surface area contributed by atoms with Gasteiger partial charge in [0.1, 0.15) is 11.6 Å². The van der Waals surface area contributed by atoms with Crippen molar-refractivity contribution in [2.75, 3.05) is 19.0 Å². The van der Waals surface area contributed by atoms with E-state index >= 15 is 0 Å². The second-order valence-corrected chi connectivity index (χ2v) is 5.73. The Labute approximate surface area is 153 Å². The summed E-state index contributed by atoms with van der Waals surface area (Å²) in [5, 5.41) is 12.2. The smallest absolute Gasteiger partial charge is 0.266 e. The zero-order valence-corrected chi connectivity index (χ0v) is 15.4. The molecule has 0 unspecified atom stereocenters. The summed E-state index contributed by atoms with van der Waals surface area (Å²) < 4.78 is 10.8. The molecule has 5 heteroatoms. The molecule has 1 amide bonds. The van der Waals surface area contributed by atoms with Crippen molar-refractivity contribution in [1.29, 1.82) is 5.26 Å². The minimum absolute atomic E-state index is 0.0128. The van der Waals surface area contributed by atoms with Gasteiger partial charge in [0.25, 0.3) is 5.91 Å². The fourth-order valence-electron chi connectivity index (χ4n) is 2.56. The van der Waals surface area contributed by atoms with Crippen LogP contribution in [-0.2, 0) is 4.79 Å². The number of ether oxygens (including phenoxy) is 2. The van der Waals surface area contributed by atoms with Gasteiger partial charge in [-0.3, -0.25) is 4.79 Å². The van der Waals surface area contributed by atoms with Crippen LogP contribution >= 0.6 is 0 Å². The molecule has 0 radical (unpaired) electrons. The summed E-state index contributed by atoms with van der Waals surface area (Å²) in [6.45, 7) is 6.23. The predicted octanol–water partition coefficient (Wildman–Crippen LogP) is 4.26. The summed E-state index contributed by atoms with van der Waals surface area (Å²) in [6.07, 6.45) is 1.53. The van der Waals surface area contributed by atoms with E-state index in [1.807, 2.05) is 45.0 Å². The van der Waals surface area contributed by atoms with Crippen LogP contribution in [0.4, 0.5) is 5.69 Å². The number of rotatable bonds is 6. The van der Waals surface area contributed by atoms with E-state index in [1.165, 1.54) is 6.08 Å². The van der Waals surface area contributed by atoms with Gasteiger partial charge in [-0.05, 0) is 55.7 Å². The Morgan fingerprint density at radius 2 is 1.88 bits per heavy atom. The zero-order valence-electron chi connectivity index (χ0n) is 15.4. The third-order valence-corrected chi connectivity index (χ3v) is 3.88. The average molecular weight is 350 g/mol. The van der Waals surface area contributed by atoms with Crippen molar-refractivity contribution in [2.24, 2.45) is 0 Å². The van der Waals surface area contributed by atoms with Gasteiger partial charge in [-0.2, -0.15) is 5.26 Å². The summed E-state index contributed by atoms with van der Waals surface area (Å²) in [6, 6.07) is 13.0. The first-order valence-corrected chi connectivity index (χ1v) is 8.30. The van der Waals surface area contributed by atoms with Gasteiger partial charge < -0.3 is 14.8 Å². The van der Waals surface area contributed by atoms with Gasteiger partial charge in [-0.1, -0.05) is 24.3 Å². The number of carbonyl (C=O) groups is 1. The van der Waals surface area contributed by atoms with Gasteiger partial charge in [0, 0.05) is 5.69 Å². The molecule has 0 saturated carbocycles. The molecule has 0 heterocycles. The van der Waals surface area contributed by atoms with Crippen LogP contribution in [0.3, 0.4) is 0 Å². The summed E-state index contributed by atoms with van der Waals surface area (Å²) in [5.41, 5.74) is 3.30. The Morgan fingerprint density at radius 1 is 1.19 bits per heavy atom. The zero-order chi connectivity index (χ0) is 19.1. The molecule has 2 aromatic carbocycles. The maximum atomic E-state index is 12.5. The van der Waals surface area contributed by atoms with Gasteiger partial charge in [0.15, 0.2) is 11.5 Å². The number of aryl methyl sites for hydroxylation is 2. The highest BCUT2D eigenvalue weighted by Gasteiger charge is 2.13. The van der Waals surface area contributed by atoms with E-state index in [2.05, 4.69) is 5.32 Å². The summed E-state index contributed by atoms with van der Waals surface area (Å²) >= 11 is 0. The van der Waals surface area contributed by atoms with Crippen LogP contribution in [0.25, 0.3) is 6.08 Å². The van der Waals surface area contributed by atoms with Crippen molar-refractivity contribution >= 4 is 17.7 Å². The van der Waals surface area contributed by atoms with Gasteiger partial charge in [0.05, 0.1) is 13.7 Å². The highest BCUT2D eigenvalue weighted by molar-refractivity contribution is 6.10.